The third-order valence-corrected chi connectivity index (χ3v) is 4.78. The zero-order valence-corrected chi connectivity index (χ0v) is 15.2. The van der Waals surface area contributed by atoms with E-state index in [1.54, 1.807) is 6.33 Å². The molecule has 132 valence electrons. The Bertz CT molecular complexity index is 888. The Hall–Kier alpha value is -2.51. The molecule has 4 rings (SSSR count). The maximum Gasteiger partial charge on any atom is 0.178 e. The molecule has 1 aliphatic heterocycles. The van der Waals surface area contributed by atoms with Gasteiger partial charge in [-0.05, 0) is 25.0 Å². The Morgan fingerprint density at radius 3 is 2.68 bits per heavy atom. The van der Waals surface area contributed by atoms with Crippen molar-refractivity contribution < 1.29 is 0 Å². The van der Waals surface area contributed by atoms with Gasteiger partial charge in [-0.25, -0.2) is 0 Å². The summed E-state index contributed by atoms with van der Waals surface area (Å²) in [5.41, 5.74) is 0.684. The molecule has 3 aromatic rings. The van der Waals surface area contributed by atoms with Gasteiger partial charge >= 0.3 is 0 Å². The Labute approximate surface area is 146 Å². The maximum absolute atomic E-state index is 4.84. The Balaban J connectivity index is 1.66. The highest BCUT2D eigenvalue weighted by Gasteiger charge is 2.27. The fraction of sp³-hybridized carbons (Fsp3) is 0.588. The summed E-state index contributed by atoms with van der Waals surface area (Å²) >= 11 is 0. The predicted molar refractivity (Wildman–Crippen MR) is 94.7 cm³/mol. The van der Waals surface area contributed by atoms with E-state index >= 15 is 0 Å². The van der Waals surface area contributed by atoms with Crippen LogP contribution in [0.3, 0.4) is 0 Å². The second-order valence-electron chi connectivity index (χ2n) is 7.82. The molecule has 0 spiro atoms. The van der Waals surface area contributed by atoms with Crippen molar-refractivity contribution in [2.75, 3.05) is 18.0 Å². The molecule has 8 nitrogen and oxygen atoms in total. The van der Waals surface area contributed by atoms with Crippen molar-refractivity contribution in [2.45, 2.75) is 44.9 Å². The first-order valence-electron chi connectivity index (χ1n) is 8.75. The molecule has 0 saturated carbocycles. The van der Waals surface area contributed by atoms with Crippen molar-refractivity contribution in [3.05, 3.63) is 30.1 Å². The van der Waals surface area contributed by atoms with E-state index in [0.29, 0.717) is 5.92 Å². The van der Waals surface area contributed by atoms with Crippen LogP contribution in [0.1, 0.15) is 51.2 Å². The Morgan fingerprint density at radius 1 is 1.12 bits per heavy atom. The van der Waals surface area contributed by atoms with Crippen LogP contribution in [0.15, 0.2) is 18.5 Å². The number of piperidine rings is 1. The van der Waals surface area contributed by atoms with Crippen molar-refractivity contribution in [3.8, 4) is 0 Å². The molecule has 3 aromatic heterocycles. The maximum atomic E-state index is 4.84. The SMILES string of the molecule is Cn1cnnc1C1CCCN(c2ccc3nnc(C(C)(C)C)n3n2)C1. The van der Waals surface area contributed by atoms with E-state index in [1.807, 2.05) is 28.3 Å². The van der Waals surface area contributed by atoms with Gasteiger partial charge < -0.3 is 9.47 Å². The lowest BCUT2D eigenvalue weighted by molar-refractivity contribution is 0.474. The summed E-state index contributed by atoms with van der Waals surface area (Å²) in [6.07, 6.45) is 4.02. The minimum absolute atomic E-state index is 0.103. The number of rotatable bonds is 2. The molecular weight excluding hydrogens is 316 g/mol. The van der Waals surface area contributed by atoms with Crippen LogP contribution in [0.25, 0.3) is 5.65 Å². The quantitative estimate of drug-likeness (QED) is 0.709. The normalized spacial score (nSPS) is 18.9. The van der Waals surface area contributed by atoms with E-state index in [2.05, 4.69) is 46.1 Å². The molecule has 4 heterocycles. The molecule has 0 bridgehead atoms. The summed E-state index contributed by atoms with van der Waals surface area (Å²) in [6.45, 7) is 8.28. The minimum atomic E-state index is -0.103. The zero-order chi connectivity index (χ0) is 17.6. The number of nitrogens with zero attached hydrogens (tertiary/aromatic N) is 8. The second-order valence-corrected chi connectivity index (χ2v) is 7.82. The van der Waals surface area contributed by atoms with Crippen LogP contribution in [-0.4, -0.2) is 47.7 Å². The van der Waals surface area contributed by atoms with Gasteiger partial charge in [0.05, 0.1) is 0 Å². The number of fused-ring (bicyclic) bond motifs is 1. The zero-order valence-electron chi connectivity index (χ0n) is 15.2. The van der Waals surface area contributed by atoms with E-state index in [9.17, 15) is 0 Å². The number of hydrogen-bond acceptors (Lipinski definition) is 6. The monoisotopic (exact) mass is 340 g/mol. The standard InChI is InChI=1S/C17H24N8/c1-17(2,3)16-21-19-13-7-8-14(22-25(13)16)24-9-5-6-12(10-24)15-20-18-11-23(15)4/h7-8,11-12H,5-6,9-10H2,1-4H3. The third kappa shape index (κ3) is 2.85. The molecule has 1 fully saturated rings. The first-order chi connectivity index (χ1) is 11.9. The van der Waals surface area contributed by atoms with Gasteiger partial charge in [0.1, 0.15) is 18.0 Å². The fourth-order valence-electron chi connectivity index (χ4n) is 3.47. The summed E-state index contributed by atoms with van der Waals surface area (Å²) in [5, 5.41) is 21.7. The molecule has 1 aliphatic rings. The summed E-state index contributed by atoms with van der Waals surface area (Å²) in [5.74, 6) is 3.27. The van der Waals surface area contributed by atoms with Crippen LogP contribution in [0.5, 0.6) is 0 Å². The summed E-state index contributed by atoms with van der Waals surface area (Å²) in [4.78, 5) is 2.33. The number of anilines is 1. The highest BCUT2D eigenvalue weighted by Crippen LogP contribution is 2.28. The van der Waals surface area contributed by atoms with Gasteiger partial charge in [0, 0.05) is 31.5 Å². The van der Waals surface area contributed by atoms with Crippen LogP contribution in [-0.2, 0) is 12.5 Å². The van der Waals surface area contributed by atoms with Gasteiger partial charge in [-0.1, -0.05) is 20.8 Å². The van der Waals surface area contributed by atoms with Crippen molar-refractivity contribution >= 4 is 11.5 Å². The second kappa shape index (κ2) is 5.79. The number of aromatic nitrogens is 7. The van der Waals surface area contributed by atoms with Crippen LogP contribution >= 0.6 is 0 Å². The average molecular weight is 340 g/mol. The molecule has 0 aromatic carbocycles. The molecule has 1 saturated heterocycles. The molecule has 0 radical (unpaired) electrons. The first-order valence-corrected chi connectivity index (χ1v) is 8.75. The first kappa shape index (κ1) is 16.0. The predicted octanol–water partition coefficient (Wildman–Crippen LogP) is 1.93. The lowest BCUT2D eigenvalue weighted by Crippen LogP contribution is -2.36. The average Bonchev–Trinajstić information content (AvgIpc) is 3.20. The molecule has 0 aliphatic carbocycles. The third-order valence-electron chi connectivity index (χ3n) is 4.78. The van der Waals surface area contributed by atoms with E-state index in [-0.39, 0.29) is 5.41 Å². The van der Waals surface area contributed by atoms with E-state index in [0.717, 1.165) is 49.0 Å². The minimum Gasteiger partial charge on any atom is -0.354 e. The van der Waals surface area contributed by atoms with E-state index < -0.39 is 0 Å². The van der Waals surface area contributed by atoms with Crippen LogP contribution in [0, 0.1) is 0 Å². The van der Waals surface area contributed by atoms with Crippen LogP contribution in [0.2, 0.25) is 0 Å². The largest absolute Gasteiger partial charge is 0.354 e. The summed E-state index contributed by atoms with van der Waals surface area (Å²) in [6, 6.07) is 4.03. The summed E-state index contributed by atoms with van der Waals surface area (Å²) in [7, 11) is 2.01. The lowest BCUT2D eigenvalue weighted by Gasteiger charge is -2.33. The van der Waals surface area contributed by atoms with Gasteiger partial charge in [-0.2, -0.15) is 4.52 Å². The van der Waals surface area contributed by atoms with Crippen LogP contribution in [0.4, 0.5) is 5.82 Å². The summed E-state index contributed by atoms with van der Waals surface area (Å²) < 4.78 is 3.89. The smallest absolute Gasteiger partial charge is 0.178 e. The highest BCUT2D eigenvalue weighted by atomic mass is 15.4. The van der Waals surface area contributed by atoms with Gasteiger partial charge in [0.25, 0.3) is 0 Å². The van der Waals surface area contributed by atoms with Crippen molar-refractivity contribution in [2.24, 2.45) is 7.05 Å². The van der Waals surface area contributed by atoms with E-state index in [4.69, 9.17) is 5.10 Å². The number of hydrogen-bond donors (Lipinski definition) is 0. The van der Waals surface area contributed by atoms with Crippen LogP contribution < -0.4 is 4.90 Å². The van der Waals surface area contributed by atoms with Crippen molar-refractivity contribution in [1.29, 1.82) is 0 Å². The molecular formula is C17H24N8. The topological polar surface area (TPSA) is 77.0 Å². The van der Waals surface area contributed by atoms with Gasteiger partial charge in [-0.15, -0.1) is 25.5 Å². The van der Waals surface area contributed by atoms with Crippen molar-refractivity contribution in [1.82, 2.24) is 34.6 Å². The lowest BCUT2D eigenvalue weighted by atomic mass is 9.96. The molecule has 0 amide bonds. The van der Waals surface area contributed by atoms with E-state index in [1.165, 1.54) is 0 Å². The number of aryl methyl sites for hydroxylation is 1. The van der Waals surface area contributed by atoms with Gasteiger partial charge in [0.2, 0.25) is 0 Å². The van der Waals surface area contributed by atoms with Crippen molar-refractivity contribution in [3.63, 3.8) is 0 Å². The molecule has 0 N–H and O–H groups in total. The Morgan fingerprint density at radius 2 is 1.96 bits per heavy atom. The Kier molecular flexibility index (Phi) is 3.70. The molecule has 8 heteroatoms. The highest BCUT2D eigenvalue weighted by molar-refractivity contribution is 5.46. The van der Waals surface area contributed by atoms with Gasteiger partial charge in [-0.3, -0.25) is 0 Å². The van der Waals surface area contributed by atoms with Gasteiger partial charge in [0.15, 0.2) is 11.5 Å². The molecule has 1 unspecified atom stereocenters. The molecule has 1 atom stereocenters. The fourth-order valence-corrected chi connectivity index (χ4v) is 3.47. The molecule has 25 heavy (non-hydrogen) atoms.